The van der Waals surface area contributed by atoms with Crippen molar-refractivity contribution in [3.8, 4) is 17.6 Å². The first-order valence-electron chi connectivity index (χ1n) is 5.15. The number of ether oxygens (including phenoxy) is 2. The Balaban J connectivity index is 2.09. The summed E-state index contributed by atoms with van der Waals surface area (Å²) in [4.78, 5) is 0.126. The third-order valence-corrected chi connectivity index (χ3v) is 5.48. The van der Waals surface area contributed by atoms with Gasteiger partial charge in [-0.3, -0.25) is 0 Å². The Bertz CT molecular complexity index is 625. The molecule has 0 spiro atoms. The number of sulfone groups is 1. The number of hydrogen-bond acceptors (Lipinski definition) is 5. The van der Waals surface area contributed by atoms with E-state index in [1.807, 2.05) is 6.07 Å². The van der Waals surface area contributed by atoms with Crippen LogP contribution in [-0.4, -0.2) is 20.0 Å². The van der Waals surface area contributed by atoms with Crippen LogP contribution in [-0.2, 0) is 9.84 Å². The van der Waals surface area contributed by atoms with Gasteiger partial charge in [0.15, 0.2) is 26.1 Å². The van der Waals surface area contributed by atoms with E-state index in [0.717, 1.165) is 0 Å². The maximum absolute atomic E-state index is 12.2. The molecule has 0 saturated heterocycles. The van der Waals surface area contributed by atoms with Crippen LogP contribution in [0.3, 0.4) is 0 Å². The van der Waals surface area contributed by atoms with Crippen molar-refractivity contribution in [1.29, 1.82) is 5.26 Å². The molecule has 0 amide bonds. The van der Waals surface area contributed by atoms with Gasteiger partial charge in [0.05, 0.1) is 11.0 Å². The molecule has 1 saturated carbocycles. The molecule has 1 fully saturated rings. The van der Waals surface area contributed by atoms with E-state index in [1.165, 1.54) is 12.1 Å². The van der Waals surface area contributed by atoms with E-state index in [0.29, 0.717) is 24.3 Å². The Labute approximate surface area is 98.5 Å². The number of rotatable bonds is 2. The maximum Gasteiger partial charge on any atom is 0.231 e. The summed E-state index contributed by atoms with van der Waals surface area (Å²) < 4.78 is 33.5. The smallest absolute Gasteiger partial charge is 0.231 e. The van der Waals surface area contributed by atoms with Crippen LogP contribution in [0.4, 0.5) is 0 Å². The average molecular weight is 251 g/mol. The molecule has 17 heavy (non-hydrogen) atoms. The largest absolute Gasteiger partial charge is 0.454 e. The molecule has 0 aromatic heterocycles. The molecule has 0 atom stereocenters. The SMILES string of the molecule is N#CC1(S(=O)(=O)c2ccc3c(c2)OCO3)CC1. The Morgan fingerprint density at radius 1 is 1.24 bits per heavy atom. The van der Waals surface area contributed by atoms with Gasteiger partial charge in [0.2, 0.25) is 6.79 Å². The van der Waals surface area contributed by atoms with Gasteiger partial charge >= 0.3 is 0 Å². The van der Waals surface area contributed by atoms with Crippen molar-refractivity contribution in [3.05, 3.63) is 18.2 Å². The lowest BCUT2D eigenvalue weighted by molar-refractivity contribution is 0.174. The summed E-state index contributed by atoms with van der Waals surface area (Å²) in [6.07, 6.45) is 0.806. The fraction of sp³-hybridized carbons (Fsp3) is 0.364. The van der Waals surface area contributed by atoms with Gasteiger partial charge in [-0.2, -0.15) is 5.26 Å². The monoisotopic (exact) mass is 251 g/mol. The number of nitriles is 1. The molecule has 1 heterocycles. The van der Waals surface area contributed by atoms with Crippen LogP contribution in [0, 0.1) is 11.3 Å². The van der Waals surface area contributed by atoms with Crippen molar-refractivity contribution in [2.24, 2.45) is 0 Å². The predicted octanol–water partition coefficient (Wildman–Crippen LogP) is 1.25. The zero-order valence-electron chi connectivity index (χ0n) is 8.84. The third-order valence-electron chi connectivity index (χ3n) is 3.08. The van der Waals surface area contributed by atoms with E-state index < -0.39 is 14.6 Å². The fourth-order valence-corrected chi connectivity index (χ4v) is 3.54. The van der Waals surface area contributed by atoms with Gasteiger partial charge in [-0.1, -0.05) is 0 Å². The Morgan fingerprint density at radius 2 is 1.94 bits per heavy atom. The van der Waals surface area contributed by atoms with Gasteiger partial charge in [-0.25, -0.2) is 8.42 Å². The molecule has 0 unspecified atom stereocenters. The van der Waals surface area contributed by atoms with Crippen LogP contribution in [0.2, 0.25) is 0 Å². The number of benzene rings is 1. The van der Waals surface area contributed by atoms with Crippen LogP contribution in [0.5, 0.6) is 11.5 Å². The first-order valence-corrected chi connectivity index (χ1v) is 6.63. The standard InChI is InChI=1S/C11H9NO4S/c12-6-11(3-4-11)17(13,14)8-1-2-9-10(5-8)16-7-15-9/h1-2,5H,3-4,7H2. The normalized spacial score (nSPS) is 19.7. The van der Waals surface area contributed by atoms with Gasteiger partial charge < -0.3 is 9.47 Å². The molecule has 5 nitrogen and oxygen atoms in total. The maximum atomic E-state index is 12.2. The average Bonchev–Trinajstić information content (AvgIpc) is 3.00. The molecule has 6 heteroatoms. The van der Waals surface area contributed by atoms with E-state index in [1.54, 1.807) is 6.07 Å². The van der Waals surface area contributed by atoms with Gasteiger partial charge in [-0.05, 0) is 25.0 Å². The summed E-state index contributed by atoms with van der Waals surface area (Å²) in [5, 5.41) is 8.96. The summed E-state index contributed by atoms with van der Waals surface area (Å²) in [5.41, 5.74) is 0. The summed E-state index contributed by atoms with van der Waals surface area (Å²) >= 11 is 0. The number of nitrogens with zero attached hydrogens (tertiary/aromatic N) is 1. The highest BCUT2D eigenvalue weighted by atomic mass is 32.2. The minimum absolute atomic E-state index is 0.0994. The molecule has 1 aromatic carbocycles. The molecule has 1 aliphatic carbocycles. The van der Waals surface area contributed by atoms with Crippen LogP contribution < -0.4 is 9.47 Å². The fourth-order valence-electron chi connectivity index (χ4n) is 1.82. The Hall–Kier alpha value is -1.74. The van der Waals surface area contributed by atoms with Crippen molar-refractivity contribution in [2.75, 3.05) is 6.79 Å². The van der Waals surface area contributed by atoms with Crippen LogP contribution in [0.15, 0.2) is 23.1 Å². The van der Waals surface area contributed by atoms with Crippen molar-refractivity contribution in [1.82, 2.24) is 0 Å². The van der Waals surface area contributed by atoms with Crippen molar-refractivity contribution < 1.29 is 17.9 Å². The minimum Gasteiger partial charge on any atom is -0.454 e. The summed E-state index contributed by atoms with van der Waals surface area (Å²) in [7, 11) is -3.60. The molecule has 1 aromatic rings. The highest BCUT2D eigenvalue weighted by molar-refractivity contribution is 7.93. The number of hydrogen-bond donors (Lipinski definition) is 0. The van der Waals surface area contributed by atoms with E-state index >= 15 is 0 Å². The topological polar surface area (TPSA) is 76.4 Å². The van der Waals surface area contributed by atoms with Crippen LogP contribution in [0.1, 0.15) is 12.8 Å². The van der Waals surface area contributed by atoms with E-state index in [9.17, 15) is 8.42 Å². The molecule has 88 valence electrons. The molecule has 3 rings (SSSR count). The zero-order chi connectivity index (χ0) is 12.1. The highest BCUT2D eigenvalue weighted by Crippen LogP contribution is 2.47. The van der Waals surface area contributed by atoms with Crippen molar-refractivity contribution >= 4 is 9.84 Å². The molecule has 1 aliphatic heterocycles. The second-order valence-electron chi connectivity index (χ2n) is 4.12. The summed E-state index contributed by atoms with van der Waals surface area (Å²) in [5.74, 6) is 0.950. The van der Waals surface area contributed by atoms with Gasteiger partial charge in [0.25, 0.3) is 0 Å². The van der Waals surface area contributed by atoms with Crippen LogP contribution >= 0.6 is 0 Å². The van der Waals surface area contributed by atoms with Gasteiger partial charge in [0.1, 0.15) is 0 Å². The van der Waals surface area contributed by atoms with Gasteiger partial charge in [-0.15, -0.1) is 0 Å². The quantitative estimate of drug-likeness (QED) is 0.790. The highest BCUT2D eigenvalue weighted by Gasteiger charge is 2.56. The first-order chi connectivity index (χ1) is 8.09. The molecule has 0 radical (unpaired) electrons. The second-order valence-corrected chi connectivity index (χ2v) is 6.38. The summed E-state index contributed by atoms with van der Waals surface area (Å²) in [6, 6.07) is 6.34. The predicted molar refractivity (Wildman–Crippen MR) is 57.3 cm³/mol. The van der Waals surface area contributed by atoms with E-state index in [2.05, 4.69) is 0 Å². The Kier molecular flexibility index (Phi) is 1.92. The number of fused-ring (bicyclic) bond motifs is 1. The first kappa shape index (κ1) is 10.4. The van der Waals surface area contributed by atoms with Crippen LogP contribution in [0.25, 0.3) is 0 Å². The lowest BCUT2D eigenvalue weighted by atomic mass is 10.3. The lowest BCUT2D eigenvalue weighted by Crippen LogP contribution is -2.21. The minimum atomic E-state index is -3.60. The lowest BCUT2D eigenvalue weighted by Gasteiger charge is -2.08. The zero-order valence-corrected chi connectivity index (χ0v) is 9.66. The summed E-state index contributed by atoms with van der Waals surface area (Å²) in [6.45, 7) is 0.0994. The van der Waals surface area contributed by atoms with Crippen molar-refractivity contribution in [3.63, 3.8) is 0 Å². The Morgan fingerprint density at radius 3 is 2.59 bits per heavy atom. The third kappa shape index (κ3) is 1.32. The van der Waals surface area contributed by atoms with E-state index in [4.69, 9.17) is 14.7 Å². The second kappa shape index (κ2) is 3.14. The molecule has 0 bridgehead atoms. The van der Waals surface area contributed by atoms with Crippen molar-refractivity contribution in [2.45, 2.75) is 22.5 Å². The molecular formula is C11H9NO4S. The molecular weight excluding hydrogens is 242 g/mol. The van der Waals surface area contributed by atoms with E-state index in [-0.39, 0.29) is 11.7 Å². The molecule has 2 aliphatic rings. The van der Waals surface area contributed by atoms with Gasteiger partial charge in [0, 0.05) is 6.07 Å². The molecule has 0 N–H and O–H groups in total.